The minimum absolute atomic E-state index is 0.0951. The number of hydrogen-bond acceptors (Lipinski definition) is 2. The molecule has 3 rings (SSSR count). The van der Waals surface area contributed by atoms with Crippen molar-refractivity contribution in [3.63, 3.8) is 0 Å². The van der Waals surface area contributed by atoms with Crippen LogP contribution in [0.4, 0.5) is 4.79 Å². The molecule has 1 aliphatic carbocycles. The summed E-state index contributed by atoms with van der Waals surface area (Å²) in [4.78, 5) is 26.8. The highest BCUT2D eigenvalue weighted by Crippen LogP contribution is 2.21. The zero-order chi connectivity index (χ0) is 17.6. The molecule has 3 amide bonds. The van der Waals surface area contributed by atoms with Crippen molar-refractivity contribution in [2.75, 3.05) is 6.54 Å². The average Bonchev–Trinajstić information content (AvgIpc) is 3.12. The van der Waals surface area contributed by atoms with Crippen LogP contribution in [0.3, 0.4) is 0 Å². The van der Waals surface area contributed by atoms with Crippen molar-refractivity contribution in [1.82, 2.24) is 15.5 Å². The molecule has 5 nitrogen and oxygen atoms in total. The maximum absolute atomic E-state index is 12.6. The minimum Gasteiger partial charge on any atom is -0.350 e. The molecule has 1 saturated heterocycles. The molecule has 0 radical (unpaired) electrons. The first kappa shape index (κ1) is 18.1. The van der Waals surface area contributed by atoms with E-state index in [0.29, 0.717) is 24.5 Å². The zero-order valence-corrected chi connectivity index (χ0v) is 15.2. The van der Waals surface area contributed by atoms with Gasteiger partial charge < -0.3 is 15.5 Å². The summed E-state index contributed by atoms with van der Waals surface area (Å²) in [7, 11) is 0. The Hall–Kier alpha value is -1.75. The molecule has 25 heavy (non-hydrogen) atoms. The third-order valence-corrected chi connectivity index (χ3v) is 5.53. The molecule has 6 heteroatoms. The van der Waals surface area contributed by atoms with Crippen LogP contribution in [0.15, 0.2) is 24.3 Å². The van der Waals surface area contributed by atoms with Crippen LogP contribution in [0.1, 0.15) is 50.5 Å². The van der Waals surface area contributed by atoms with E-state index in [0.717, 1.165) is 24.8 Å². The van der Waals surface area contributed by atoms with E-state index in [2.05, 4.69) is 10.6 Å². The first-order valence-electron chi connectivity index (χ1n) is 9.23. The van der Waals surface area contributed by atoms with E-state index in [1.54, 1.807) is 4.90 Å². The van der Waals surface area contributed by atoms with Crippen LogP contribution >= 0.6 is 11.6 Å². The largest absolute Gasteiger partial charge is 0.350 e. The molecule has 2 N–H and O–H groups in total. The summed E-state index contributed by atoms with van der Waals surface area (Å²) in [6, 6.07) is 7.24. The second kappa shape index (κ2) is 8.56. The van der Waals surface area contributed by atoms with E-state index in [1.165, 1.54) is 19.3 Å². The van der Waals surface area contributed by atoms with Gasteiger partial charge in [-0.1, -0.05) is 49.1 Å². The Morgan fingerprint density at radius 3 is 2.60 bits per heavy atom. The van der Waals surface area contributed by atoms with Crippen molar-refractivity contribution in [2.24, 2.45) is 0 Å². The van der Waals surface area contributed by atoms with Gasteiger partial charge in [0.05, 0.1) is 0 Å². The van der Waals surface area contributed by atoms with Gasteiger partial charge in [0.2, 0.25) is 5.91 Å². The quantitative estimate of drug-likeness (QED) is 0.860. The molecule has 1 heterocycles. The lowest BCUT2D eigenvalue weighted by Gasteiger charge is -2.29. The highest BCUT2D eigenvalue weighted by molar-refractivity contribution is 6.31. The van der Waals surface area contributed by atoms with Crippen LogP contribution in [-0.4, -0.2) is 35.5 Å². The van der Waals surface area contributed by atoms with Crippen molar-refractivity contribution in [3.05, 3.63) is 34.9 Å². The van der Waals surface area contributed by atoms with Crippen LogP contribution in [-0.2, 0) is 11.3 Å². The third kappa shape index (κ3) is 4.66. The molecule has 1 atom stereocenters. The molecule has 0 spiro atoms. The second-order valence-electron chi connectivity index (χ2n) is 6.95. The van der Waals surface area contributed by atoms with Gasteiger partial charge in [0, 0.05) is 24.2 Å². The Labute approximate surface area is 154 Å². The number of hydrogen-bond donors (Lipinski definition) is 2. The number of urea groups is 1. The maximum Gasteiger partial charge on any atom is 0.318 e. The fraction of sp³-hybridized carbons (Fsp3) is 0.579. The smallest absolute Gasteiger partial charge is 0.318 e. The normalized spacial score (nSPS) is 21.2. The summed E-state index contributed by atoms with van der Waals surface area (Å²) in [5.41, 5.74) is 0.883. The molecular formula is C19H26ClN3O2. The number of nitrogens with zero attached hydrogens (tertiary/aromatic N) is 1. The Balaban J connectivity index is 1.54. The van der Waals surface area contributed by atoms with Crippen molar-refractivity contribution >= 4 is 23.5 Å². The van der Waals surface area contributed by atoms with Crippen molar-refractivity contribution < 1.29 is 9.59 Å². The molecule has 1 aromatic carbocycles. The number of nitrogens with one attached hydrogen (secondary N) is 2. The predicted octanol–water partition coefficient (Wildman–Crippen LogP) is 3.46. The Kier molecular flexibility index (Phi) is 6.19. The molecular weight excluding hydrogens is 338 g/mol. The number of carbonyl (C=O) groups excluding carboxylic acids is 2. The first-order chi connectivity index (χ1) is 12.1. The number of amides is 3. The van der Waals surface area contributed by atoms with Crippen LogP contribution in [0.25, 0.3) is 0 Å². The van der Waals surface area contributed by atoms with Gasteiger partial charge in [-0.3, -0.25) is 4.79 Å². The molecule has 136 valence electrons. The maximum atomic E-state index is 12.6. The fourth-order valence-corrected chi connectivity index (χ4v) is 3.93. The summed E-state index contributed by atoms with van der Waals surface area (Å²) in [5.74, 6) is -0.101. The van der Waals surface area contributed by atoms with Crippen molar-refractivity contribution in [2.45, 2.75) is 63.6 Å². The molecule has 0 bridgehead atoms. The number of halogens is 1. The summed E-state index contributed by atoms with van der Waals surface area (Å²) in [6.45, 7) is 1.02. The predicted molar refractivity (Wildman–Crippen MR) is 98.4 cm³/mol. The van der Waals surface area contributed by atoms with Crippen LogP contribution in [0.2, 0.25) is 5.02 Å². The van der Waals surface area contributed by atoms with E-state index < -0.39 is 0 Å². The highest BCUT2D eigenvalue weighted by Gasteiger charge is 2.34. The summed E-state index contributed by atoms with van der Waals surface area (Å²) < 4.78 is 0. The first-order valence-corrected chi connectivity index (χ1v) is 9.61. The number of likely N-dealkylation sites (tertiary alicyclic amines) is 1. The fourth-order valence-electron chi connectivity index (χ4n) is 3.73. The summed E-state index contributed by atoms with van der Waals surface area (Å²) in [5, 5.41) is 6.68. The minimum atomic E-state index is -0.383. The standard InChI is InChI=1S/C19H26ClN3O2/c20-16-10-5-4-7-14(16)13-21-18(24)17-11-6-12-23(17)19(25)22-15-8-2-1-3-9-15/h4-5,7,10,15,17H,1-3,6,8-9,11-13H2,(H,21,24)(H,22,25)/t17-/m0/s1. The summed E-state index contributed by atoms with van der Waals surface area (Å²) in [6.07, 6.45) is 7.27. The lowest BCUT2D eigenvalue weighted by Crippen LogP contribution is -2.51. The third-order valence-electron chi connectivity index (χ3n) is 5.16. The van der Waals surface area contributed by atoms with E-state index in [9.17, 15) is 9.59 Å². The van der Waals surface area contributed by atoms with Gasteiger partial charge in [-0.05, 0) is 37.3 Å². The molecule has 1 aliphatic heterocycles. The molecule has 1 saturated carbocycles. The number of carbonyl (C=O) groups is 2. The Morgan fingerprint density at radius 2 is 1.84 bits per heavy atom. The van der Waals surface area contributed by atoms with E-state index in [1.807, 2.05) is 24.3 Å². The summed E-state index contributed by atoms with van der Waals surface area (Å²) >= 11 is 6.13. The van der Waals surface area contributed by atoms with E-state index in [-0.39, 0.29) is 24.0 Å². The molecule has 2 fully saturated rings. The van der Waals surface area contributed by atoms with Crippen LogP contribution in [0.5, 0.6) is 0 Å². The molecule has 2 aliphatic rings. The zero-order valence-electron chi connectivity index (χ0n) is 14.5. The van der Waals surface area contributed by atoms with Crippen LogP contribution < -0.4 is 10.6 Å². The van der Waals surface area contributed by atoms with Crippen molar-refractivity contribution in [1.29, 1.82) is 0 Å². The van der Waals surface area contributed by atoms with Gasteiger partial charge in [0.25, 0.3) is 0 Å². The molecule has 0 unspecified atom stereocenters. The highest BCUT2D eigenvalue weighted by atomic mass is 35.5. The Morgan fingerprint density at radius 1 is 1.08 bits per heavy atom. The van der Waals surface area contributed by atoms with Gasteiger partial charge >= 0.3 is 6.03 Å². The number of benzene rings is 1. The lowest BCUT2D eigenvalue weighted by atomic mass is 9.96. The van der Waals surface area contributed by atoms with Gasteiger partial charge in [0.1, 0.15) is 6.04 Å². The Bertz CT molecular complexity index is 616. The van der Waals surface area contributed by atoms with E-state index in [4.69, 9.17) is 11.6 Å². The SMILES string of the molecule is O=C(NCc1ccccc1Cl)[C@@H]1CCCN1C(=O)NC1CCCCC1. The van der Waals surface area contributed by atoms with Crippen LogP contribution in [0, 0.1) is 0 Å². The van der Waals surface area contributed by atoms with Gasteiger partial charge in [0.15, 0.2) is 0 Å². The number of rotatable bonds is 4. The topological polar surface area (TPSA) is 61.4 Å². The molecule has 1 aromatic rings. The molecule has 0 aromatic heterocycles. The van der Waals surface area contributed by atoms with Crippen molar-refractivity contribution in [3.8, 4) is 0 Å². The van der Waals surface area contributed by atoms with E-state index >= 15 is 0 Å². The monoisotopic (exact) mass is 363 g/mol. The van der Waals surface area contributed by atoms with Gasteiger partial charge in [-0.25, -0.2) is 4.79 Å². The van der Waals surface area contributed by atoms with Gasteiger partial charge in [-0.2, -0.15) is 0 Å². The average molecular weight is 364 g/mol. The second-order valence-corrected chi connectivity index (χ2v) is 7.35. The van der Waals surface area contributed by atoms with Gasteiger partial charge in [-0.15, -0.1) is 0 Å². The lowest BCUT2D eigenvalue weighted by molar-refractivity contribution is -0.124.